The predicted octanol–water partition coefficient (Wildman–Crippen LogP) is 3.44. The Balaban J connectivity index is 1.66. The molecule has 0 bridgehead atoms. The number of anilines is 1. The molecule has 1 saturated heterocycles. The Morgan fingerprint density at radius 2 is 1.88 bits per heavy atom. The number of nitrogens with zero attached hydrogens (tertiary/aromatic N) is 1. The first-order valence-electron chi connectivity index (χ1n) is 8.20. The molecule has 1 heterocycles. The van der Waals surface area contributed by atoms with E-state index in [0.717, 1.165) is 24.6 Å². The zero-order valence-electron chi connectivity index (χ0n) is 13.9. The van der Waals surface area contributed by atoms with Gasteiger partial charge in [0.15, 0.2) is 0 Å². The number of benzene rings is 2. The van der Waals surface area contributed by atoms with Crippen molar-refractivity contribution in [3.63, 3.8) is 0 Å². The molecule has 0 spiro atoms. The van der Waals surface area contributed by atoms with Crippen molar-refractivity contribution in [2.24, 2.45) is 0 Å². The predicted molar refractivity (Wildman–Crippen MR) is 98.2 cm³/mol. The number of hydrogen-bond acceptors (Lipinski definition) is 3. The van der Waals surface area contributed by atoms with Gasteiger partial charge in [-0.15, -0.1) is 0 Å². The van der Waals surface area contributed by atoms with Crippen LogP contribution in [-0.2, 0) is 21.2 Å². The molecule has 26 heavy (non-hydrogen) atoms. The number of rotatable bonds is 6. The van der Waals surface area contributed by atoms with Crippen molar-refractivity contribution in [3.8, 4) is 0 Å². The van der Waals surface area contributed by atoms with Gasteiger partial charge >= 0.3 is 0 Å². The molecular weight excluding hydrogens is 379 g/mol. The van der Waals surface area contributed by atoms with Crippen LogP contribution in [0, 0.1) is 5.82 Å². The molecule has 138 valence electrons. The lowest BCUT2D eigenvalue weighted by Gasteiger charge is -2.15. The summed E-state index contributed by atoms with van der Waals surface area (Å²) in [6.45, 7) is 1.42. The summed E-state index contributed by atoms with van der Waals surface area (Å²) in [7, 11) is -3.79. The lowest BCUT2D eigenvalue weighted by atomic mass is 10.1. The van der Waals surface area contributed by atoms with Gasteiger partial charge in [0.25, 0.3) is 10.0 Å². The van der Waals surface area contributed by atoms with E-state index in [-0.39, 0.29) is 21.5 Å². The summed E-state index contributed by atoms with van der Waals surface area (Å²) in [4.78, 5) is 13.5. The second-order valence-corrected chi connectivity index (χ2v) is 8.20. The standard InChI is InChI=1S/C18H18ClFN2O3S/c19-16-12-14(5-8-17(16)20)21-26(24,25)15-6-3-13(4-7-15)9-11-22-10-1-2-18(22)23/h3-8,12,21H,1-2,9-11H2. The fourth-order valence-corrected chi connectivity index (χ4v) is 4.04. The van der Waals surface area contributed by atoms with Crippen molar-refractivity contribution >= 4 is 33.2 Å². The van der Waals surface area contributed by atoms with Crippen molar-refractivity contribution in [2.75, 3.05) is 17.8 Å². The third kappa shape index (κ3) is 4.34. The highest BCUT2D eigenvalue weighted by Crippen LogP contribution is 2.22. The SMILES string of the molecule is O=C1CCCN1CCc1ccc(S(=O)(=O)Nc2ccc(F)c(Cl)c2)cc1. The molecule has 0 saturated carbocycles. The van der Waals surface area contributed by atoms with Crippen LogP contribution in [0.5, 0.6) is 0 Å². The number of halogens is 2. The van der Waals surface area contributed by atoms with Gasteiger partial charge in [-0.2, -0.15) is 0 Å². The van der Waals surface area contributed by atoms with E-state index in [1.807, 2.05) is 4.90 Å². The summed E-state index contributed by atoms with van der Waals surface area (Å²) in [6.07, 6.45) is 2.18. The molecule has 0 unspecified atom stereocenters. The minimum absolute atomic E-state index is 0.0962. The second-order valence-electron chi connectivity index (χ2n) is 6.11. The van der Waals surface area contributed by atoms with Crippen LogP contribution in [0.4, 0.5) is 10.1 Å². The molecule has 0 atom stereocenters. The summed E-state index contributed by atoms with van der Waals surface area (Å²) < 4.78 is 40.4. The van der Waals surface area contributed by atoms with E-state index in [1.165, 1.54) is 24.3 Å². The molecule has 0 aliphatic carbocycles. The van der Waals surface area contributed by atoms with E-state index < -0.39 is 15.8 Å². The van der Waals surface area contributed by atoms with Crippen LogP contribution in [0.1, 0.15) is 18.4 Å². The number of nitrogens with one attached hydrogen (secondary N) is 1. The van der Waals surface area contributed by atoms with Crippen molar-refractivity contribution in [3.05, 3.63) is 58.9 Å². The lowest BCUT2D eigenvalue weighted by Crippen LogP contribution is -2.26. The molecule has 8 heteroatoms. The Labute approximate surface area is 156 Å². The first kappa shape index (κ1) is 18.7. The van der Waals surface area contributed by atoms with Gasteiger partial charge in [-0.05, 0) is 48.7 Å². The summed E-state index contributed by atoms with van der Waals surface area (Å²) in [5, 5.41) is -0.156. The summed E-state index contributed by atoms with van der Waals surface area (Å²) in [5.74, 6) is -0.443. The number of carbonyl (C=O) groups excluding carboxylic acids is 1. The lowest BCUT2D eigenvalue weighted by molar-refractivity contribution is -0.127. The monoisotopic (exact) mass is 396 g/mol. The second kappa shape index (κ2) is 7.63. The Morgan fingerprint density at radius 1 is 1.15 bits per heavy atom. The van der Waals surface area contributed by atoms with Gasteiger partial charge in [-0.25, -0.2) is 12.8 Å². The third-order valence-electron chi connectivity index (χ3n) is 4.25. The summed E-state index contributed by atoms with van der Waals surface area (Å²) in [6, 6.07) is 10.1. The van der Waals surface area contributed by atoms with Crippen LogP contribution in [0.3, 0.4) is 0 Å². The maximum Gasteiger partial charge on any atom is 0.261 e. The molecule has 1 aliphatic heterocycles. The largest absolute Gasteiger partial charge is 0.342 e. The van der Waals surface area contributed by atoms with Crippen LogP contribution < -0.4 is 4.72 Å². The smallest absolute Gasteiger partial charge is 0.261 e. The Bertz CT molecular complexity index is 917. The van der Waals surface area contributed by atoms with Crippen molar-refractivity contribution in [1.29, 1.82) is 0 Å². The normalized spacial score (nSPS) is 14.7. The van der Waals surface area contributed by atoms with E-state index in [1.54, 1.807) is 12.1 Å². The van der Waals surface area contributed by atoms with Crippen molar-refractivity contribution < 1.29 is 17.6 Å². The highest BCUT2D eigenvalue weighted by Gasteiger charge is 2.19. The molecule has 0 radical (unpaired) electrons. The average Bonchev–Trinajstić information content (AvgIpc) is 3.01. The fraction of sp³-hybridized carbons (Fsp3) is 0.278. The number of amides is 1. The zero-order chi connectivity index (χ0) is 18.7. The van der Waals surface area contributed by atoms with E-state index in [9.17, 15) is 17.6 Å². The molecule has 1 N–H and O–H groups in total. The van der Waals surface area contributed by atoms with Crippen molar-refractivity contribution in [2.45, 2.75) is 24.2 Å². The zero-order valence-corrected chi connectivity index (χ0v) is 15.5. The molecule has 5 nitrogen and oxygen atoms in total. The van der Waals surface area contributed by atoms with Gasteiger partial charge in [0.1, 0.15) is 5.82 Å². The van der Waals surface area contributed by atoms with Gasteiger partial charge < -0.3 is 4.90 Å². The Hall–Kier alpha value is -2.12. The van der Waals surface area contributed by atoms with Gasteiger partial charge in [-0.3, -0.25) is 9.52 Å². The van der Waals surface area contributed by atoms with E-state index >= 15 is 0 Å². The van der Waals surface area contributed by atoms with Gasteiger partial charge in [0.2, 0.25) is 5.91 Å². The maximum absolute atomic E-state index is 13.2. The third-order valence-corrected chi connectivity index (χ3v) is 5.93. The van der Waals surface area contributed by atoms with Crippen LogP contribution in [0.15, 0.2) is 47.4 Å². The van der Waals surface area contributed by atoms with E-state index in [2.05, 4.69) is 4.72 Å². The minimum atomic E-state index is -3.79. The number of hydrogen-bond donors (Lipinski definition) is 1. The minimum Gasteiger partial charge on any atom is -0.342 e. The highest BCUT2D eigenvalue weighted by molar-refractivity contribution is 7.92. The molecular formula is C18H18ClFN2O3S. The van der Waals surface area contributed by atoms with E-state index in [0.29, 0.717) is 19.4 Å². The van der Waals surface area contributed by atoms with E-state index in [4.69, 9.17) is 11.6 Å². The van der Waals surface area contributed by atoms with Crippen LogP contribution in [-0.4, -0.2) is 32.3 Å². The molecule has 2 aromatic carbocycles. The molecule has 3 rings (SSSR count). The van der Waals surface area contributed by atoms with Crippen LogP contribution >= 0.6 is 11.6 Å². The quantitative estimate of drug-likeness (QED) is 0.813. The number of sulfonamides is 1. The Kier molecular flexibility index (Phi) is 5.48. The van der Waals surface area contributed by atoms with Gasteiger partial charge in [0, 0.05) is 19.5 Å². The maximum atomic E-state index is 13.2. The van der Waals surface area contributed by atoms with Gasteiger partial charge in [-0.1, -0.05) is 23.7 Å². The fourth-order valence-electron chi connectivity index (χ4n) is 2.81. The molecule has 1 amide bonds. The summed E-state index contributed by atoms with van der Waals surface area (Å²) in [5.41, 5.74) is 1.14. The summed E-state index contributed by atoms with van der Waals surface area (Å²) >= 11 is 5.67. The first-order valence-corrected chi connectivity index (χ1v) is 10.1. The Morgan fingerprint density at radius 3 is 2.50 bits per heavy atom. The number of carbonyl (C=O) groups is 1. The van der Waals surface area contributed by atoms with Crippen LogP contribution in [0.2, 0.25) is 5.02 Å². The van der Waals surface area contributed by atoms with Crippen LogP contribution in [0.25, 0.3) is 0 Å². The number of likely N-dealkylation sites (tertiary alicyclic amines) is 1. The van der Waals surface area contributed by atoms with Crippen molar-refractivity contribution in [1.82, 2.24) is 4.90 Å². The van der Waals surface area contributed by atoms with Gasteiger partial charge in [0.05, 0.1) is 15.6 Å². The average molecular weight is 397 g/mol. The molecule has 1 fully saturated rings. The topological polar surface area (TPSA) is 66.5 Å². The molecule has 0 aromatic heterocycles. The first-order chi connectivity index (χ1) is 12.3. The molecule has 1 aliphatic rings. The highest BCUT2D eigenvalue weighted by atomic mass is 35.5. The molecule has 2 aromatic rings.